The Kier molecular flexibility index (Phi) is 4.01. The molecule has 0 aliphatic heterocycles. The summed E-state index contributed by atoms with van der Waals surface area (Å²) in [6, 6.07) is 5.55. The molecule has 0 saturated heterocycles. The van der Waals surface area contributed by atoms with Crippen molar-refractivity contribution in [1.82, 2.24) is 15.2 Å². The first kappa shape index (κ1) is 13.4. The van der Waals surface area contributed by atoms with Gasteiger partial charge in [-0.1, -0.05) is 6.07 Å². The van der Waals surface area contributed by atoms with Crippen LogP contribution in [0, 0.1) is 0 Å². The molecular formula is C13H17N3O3. The number of nitrogens with one attached hydrogen (secondary N) is 2. The fourth-order valence-corrected chi connectivity index (χ4v) is 1.85. The Bertz CT molecular complexity index is 629. The molecule has 0 bridgehead atoms. The van der Waals surface area contributed by atoms with E-state index < -0.39 is 5.76 Å². The van der Waals surface area contributed by atoms with Gasteiger partial charge in [0.25, 0.3) is 0 Å². The van der Waals surface area contributed by atoms with Crippen LogP contribution in [0.25, 0.3) is 11.1 Å². The molecular weight excluding hydrogens is 246 g/mol. The normalized spacial score (nSPS) is 10.8. The SMILES string of the molecule is CNCC(=O)N(C)CCc1ccc2[nH]c(=O)oc2c1. The Morgan fingerprint density at radius 3 is 3.00 bits per heavy atom. The van der Waals surface area contributed by atoms with Crippen molar-refractivity contribution in [2.75, 3.05) is 27.2 Å². The minimum Gasteiger partial charge on any atom is -0.408 e. The first-order chi connectivity index (χ1) is 9.10. The summed E-state index contributed by atoms with van der Waals surface area (Å²) in [5.41, 5.74) is 2.26. The lowest BCUT2D eigenvalue weighted by Crippen LogP contribution is -2.35. The molecule has 0 spiro atoms. The highest BCUT2D eigenvalue weighted by atomic mass is 16.4. The van der Waals surface area contributed by atoms with Gasteiger partial charge in [-0.3, -0.25) is 9.78 Å². The van der Waals surface area contributed by atoms with Crippen LogP contribution in [0.4, 0.5) is 0 Å². The fourth-order valence-electron chi connectivity index (χ4n) is 1.85. The van der Waals surface area contributed by atoms with Crippen molar-refractivity contribution in [3.8, 4) is 0 Å². The van der Waals surface area contributed by atoms with E-state index in [1.165, 1.54) is 0 Å². The number of hydrogen-bond donors (Lipinski definition) is 2. The van der Waals surface area contributed by atoms with Crippen molar-refractivity contribution >= 4 is 17.0 Å². The summed E-state index contributed by atoms with van der Waals surface area (Å²) in [4.78, 5) is 26.9. The van der Waals surface area contributed by atoms with E-state index in [-0.39, 0.29) is 5.91 Å². The maximum Gasteiger partial charge on any atom is 0.417 e. The van der Waals surface area contributed by atoms with Gasteiger partial charge >= 0.3 is 5.76 Å². The number of hydrogen-bond acceptors (Lipinski definition) is 4. The summed E-state index contributed by atoms with van der Waals surface area (Å²) in [5.74, 6) is -0.398. The maximum absolute atomic E-state index is 11.6. The standard InChI is InChI=1S/C13H17N3O3/c1-14-8-12(17)16(2)6-5-9-3-4-10-11(7-9)19-13(18)15-10/h3-4,7,14H,5-6,8H2,1-2H3,(H,15,18). The third-order valence-corrected chi connectivity index (χ3v) is 2.98. The summed E-state index contributed by atoms with van der Waals surface area (Å²) in [6.07, 6.45) is 0.719. The second kappa shape index (κ2) is 5.71. The van der Waals surface area contributed by atoms with Crippen LogP contribution >= 0.6 is 0 Å². The number of rotatable bonds is 5. The molecule has 2 N–H and O–H groups in total. The Balaban J connectivity index is 2.01. The zero-order valence-corrected chi connectivity index (χ0v) is 11.0. The second-order valence-electron chi connectivity index (χ2n) is 4.44. The third kappa shape index (κ3) is 3.23. The van der Waals surface area contributed by atoms with Crippen LogP contribution in [0.2, 0.25) is 0 Å². The molecule has 1 aromatic carbocycles. The molecule has 6 heteroatoms. The lowest BCUT2D eigenvalue weighted by Gasteiger charge is -2.16. The summed E-state index contributed by atoms with van der Waals surface area (Å²) < 4.78 is 5.00. The van der Waals surface area contributed by atoms with Crippen molar-refractivity contribution < 1.29 is 9.21 Å². The van der Waals surface area contributed by atoms with Crippen LogP contribution in [0.1, 0.15) is 5.56 Å². The van der Waals surface area contributed by atoms with Crippen molar-refractivity contribution in [2.45, 2.75) is 6.42 Å². The van der Waals surface area contributed by atoms with Crippen LogP contribution in [0.15, 0.2) is 27.4 Å². The number of aromatic nitrogens is 1. The van der Waals surface area contributed by atoms with Gasteiger partial charge in [0.2, 0.25) is 5.91 Å². The number of carbonyl (C=O) groups is 1. The van der Waals surface area contributed by atoms with Crippen molar-refractivity contribution in [3.05, 3.63) is 34.3 Å². The van der Waals surface area contributed by atoms with Crippen LogP contribution in [-0.4, -0.2) is 43.0 Å². The number of fused-ring (bicyclic) bond motifs is 1. The van der Waals surface area contributed by atoms with E-state index in [2.05, 4.69) is 10.3 Å². The minimum atomic E-state index is -0.450. The fraction of sp³-hybridized carbons (Fsp3) is 0.385. The van der Waals surface area contributed by atoms with Crippen molar-refractivity contribution in [1.29, 1.82) is 0 Å². The first-order valence-corrected chi connectivity index (χ1v) is 6.10. The van der Waals surface area contributed by atoms with Crippen LogP contribution in [-0.2, 0) is 11.2 Å². The predicted molar refractivity (Wildman–Crippen MR) is 72.1 cm³/mol. The molecule has 19 heavy (non-hydrogen) atoms. The van der Waals surface area contributed by atoms with Gasteiger partial charge in [-0.15, -0.1) is 0 Å². The predicted octanol–water partition coefficient (Wildman–Crippen LogP) is 0.341. The molecule has 0 unspecified atom stereocenters. The van der Waals surface area contributed by atoms with Crippen LogP contribution in [0.3, 0.4) is 0 Å². The molecule has 0 aliphatic carbocycles. The quantitative estimate of drug-likeness (QED) is 0.815. The first-order valence-electron chi connectivity index (χ1n) is 6.10. The summed E-state index contributed by atoms with van der Waals surface area (Å²) >= 11 is 0. The number of oxazole rings is 1. The Morgan fingerprint density at radius 1 is 1.47 bits per heavy atom. The Labute approximate surface area is 110 Å². The number of benzene rings is 1. The average molecular weight is 263 g/mol. The molecule has 1 amide bonds. The van der Waals surface area contributed by atoms with Gasteiger partial charge in [0, 0.05) is 13.6 Å². The average Bonchev–Trinajstić information content (AvgIpc) is 2.75. The highest BCUT2D eigenvalue weighted by Gasteiger charge is 2.08. The van der Waals surface area contributed by atoms with Gasteiger partial charge in [0.15, 0.2) is 5.58 Å². The number of carbonyl (C=O) groups excluding carboxylic acids is 1. The molecule has 6 nitrogen and oxygen atoms in total. The molecule has 0 radical (unpaired) electrons. The molecule has 1 heterocycles. The number of nitrogens with zero attached hydrogens (tertiary/aromatic N) is 1. The van der Waals surface area contributed by atoms with Crippen LogP contribution in [0.5, 0.6) is 0 Å². The van der Waals surface area contributed by atoms with Gasteiger partial charge in [0.1, 0.15) is 0 Å². The molecule has 102 valence electrons. The maximum atomic E-state index is 11.6. The lowest BCUT2D eigenvalue weighted by molar-refractivity contribution is -0.128. The molecule has 1 aromatic heterocycles. The van der Waals surface area contributed by atoms with Gasteiger partial charge < -0.3 is 14.6 Å². The van der Waals surface area contributed by atoms with E-state index in [0.717, 1.165) is 12.0 Å². The van der Waals surface area contributed by atoms with E-state index in [1.54, 1.807) is 19.0 Å². The van der Waals surface area contributed by atoms with E-state index >= 15 is 0 Å². The monoisotopic (exact) mass is 263 g/mol. The number of aromatic amines is 1. The van der Waals surface area contributed by atoms with E-state index in [0.29, 0.717) is 24.2 Å². The van der Waals surface area contributed by atoms with Gasteiger partial charge in [-0.05, 0) is 31.2 Å². The van der Waals surface area contributed by atoms with E-state index in [9.17, 15) is 9.59 Å². The Hall–Kier alpha value is -2.08. The Morgan fingerprint density at radius 2 is 2.26 bits per heavy atom. The highest BCUT2D eigenvalue weighted by molar-refractivity contribution is 5.78. The molecule has 0 saturated carbocycles. The molecule has 2 rings (SSSR count). The van der Waals surface area contributed by atoms with Gasteiger partial charge in [-0.2, -0.15) is 0 Å². The van der Waals surface area contributed by atoms with E-state index in [1.807, 2.05) is 18.2 Å². The molecule has 0 atom stereocenters. The largest absolute Gasteiger partial charge is 0.417 e. The summed E-state index contributed by atoms with van der Waals surface area (Å²) in [6.45, 7) is 0.961. The van der Waals surface area contributed by atoms with Gasteiger partial charge in [-0.25, -0.2) is 4.79 Å². The molecule has 0 fully saturated rings. The van der Waals surface area contributed by atoms with Crippen LogP contribution < -0.4 is 11.1 Å². The number of amides is 1. The number of H-pyrrole nitrogens is 1. The summed E-state index contributed by atoms with van der Waals surface area (Å²) in [7, 11) is 3.52. The van der Waals surface area contributed by atoms with E-state index in [4.69, 9.17) is 4.42 Å². The second-order valence-corrected chi connectivity index (χ2v) is 4.44. The van der Waals surface area contributed by atoms with Gasteiger partial charge in [0.05, 0.1) is 12.1 Å². The third-order valence-electron chi connectivity index (χ3n) is 2.98. The van der Waals surface area contributed by atoms with Crippen molar-refractivity contribution in [3.63, 3.8) is 0 Å². The van der Waals surface area contributed by atoms with Crippen molar-refractivity contribution in [2.24, 2.45) is 0 Å². The zero-order valence-electron chi connectivity index (χ0n) is 11.0. The molecule has 0 aliphatic rings. The highest BCUT2D eigenvalue weighted by Crippen LogP contribution is 2.12. The lowest BCUT2D eigenvalue weighted by atomic mass is 10.1. The topological polar surface area (TPSA) is 78.3 Å². The smallest absolute Gasteiger partial charge is 0.408 e. The summed E-state index contributed by atoms with van der Waals surface area (Å²) in [5, 5.41) is 2.83. The number of likely N-dealkylation sites (N-methyl/N-ethyl adjacent to an activating group) is 2. The molecule has 2 aromatic rings. The zero-order chi connectivity index (χ0) is 13.8. The minimum absolute atomic E-state index is 0.0526.